The van der Waals surface area contributed by atoms with Gasteiger partial charge in [0.05, 0.1) is 17.8 Å². The molecule has 3 N–H and O–H groups in total. The number of ether oxygens (including phenoxy) is 1. The minimum absolute atomic E-state index is 0.0151. The van der Waals surface area contributed by atoms with E-state index in [0.717, 1.165) is 34.8 Å². The van der Waals surface area contributed by atoms with E-state index in [2.05, 4.69) is 16.8 Å². The van der Waals surface area contributed by atoms with Gasteiger partial charge in [0.25, 0.3) is 0 Å². The number of nitrogens with zero attached hydrogens (tertiary/aromatic N) is 3. The maximum Gasteiger partial charge on any atom is 0.241 e. The maximum atomic E-state index is 14.0. The summed E-state index contributed by atoms with van der Waals surface area (Å²) in [6.45, 7) is 5.35. The molecule has 1 aliphatic rings. The molecule has 0 saturated heterocycles. The number of halogens is 1. The summed E-state index contributed by atoms with van der Waals surface area (Å²) in [4.78, 5) is 9.61. The van der Waals surface area contributed by atoms with Crippen molar-refractivity contribution in [3.05, 3.63) is 76.9 Å². The molecule has 0 amide bonds. The Morgan fingerprint density at radius 1 is 1.17 bits per heavy atom. The molecule has 0 spiro atoms. The van der Waals surface area contributed by atoms with E-state index in [1.807, 2.05) is 57.2 Å². The highest BCUT2D eigenvalue weighted by Gasteiger charge is 2.29. The molecule has 186 valence electrons. The summed E-state index contributed by atoms with van der Waals surface area (Å²) in [6, 6.07) is 13.5. The van der Waals surface area contributed by atoms with Crippen LogP contribution in [0.2, 0.25) is 0 Å². The monoisotopic (exact) mass is 498 g/mol. The Hall–Kier alpha value is -3.01. The van der Waals surface area contributed by atoms with Gasteiger partial charge < -0.3 is 14.5 Å². The fourth-order valence-electron chi connectivity index (χ4n) is 3.57. The van der Waals surface area contributed by atoms with Crippen molar-refractivity contribution in [2.45, 2.75) is 30.4 Å². The van der Waals surface area contributed by atoms with E-state index >= 15 is 0 Å². The third kappa shape index (κ3) is 6.56. The van der Waals surface area contributed by atoms with Gasteiger partial charge in [0.15, 0.2) is 21.3 Å². The standard InChI is InChI=1S/C26H33FN5O2S/c1-17(14-15-31(3)4)35(33)20-12-10-19(11-13-20)23-16-32(5)18(2)24(30-23)26(29)34-25(28)21-8-6-7-9-22(21)27/h6-13,17,28-29,33H,14-16H2,1-5H3/q+1. The van der Waals surface area contributed by atoms with Crippen LogP contribution in [-0.2, 0) is 15.9 Å². The number of allylic oxidation sites excluding steroid dienone is 1. The van der Waals surface area contributed by atoms with Crippen LogP contribution in [0.4, 0.5) is 4.39 Å². The average molecular weight is 499 g/mol. The minimum Gasteiger partial charge on any atom is -0.419 e. The highest BCUT2D eigenvalue weighted by molar-refractivity contribution is 7.92. The lowest BCUT2D eigenvalue weighted by atomic mass is 10.1. The molecule has 35 heavy (non-hydrogen) atoms. The molecule has 0 radical (unpaired) electrons. The maximum absolute atomic E-state index is 14.0. The fraction of sp³-hybridized carbons (Fsp3) is 0.346. The van der Waals surface area contributed by atoms with Gasteiger partial charge in [-0.1, -0.05) is 12.1 Å². The molecular formula is C26H33FN5O2S+. The molecule has 2 atom stereocenters. The Morgan fingerprint density at radius 3 is 2.46 bits per heavy atom. The smallest absolute Gasteiger partial charge is 0.241 e. The summed E-state index contributed by atoms with van der Waals surface area (Å²) in [5.41, 5.74) is 2.62. The van der Waals surface area contributed by atoms with Gasteiger partial charge in [-0.05, 0) is 69.9 Å². The van der Waals surface area contributed by atoms with Gasteiger partial charge in [-0.15, -0.1) is 0 Å². The van der Waals surface area contributed by atoms with E-state index in [4.69, 9.17) is 15.6 Å². The summed E-state index contributed by atoms with van der Waals surface area (Å²) < 4.78 is 30.2. The lowest BCUT2D eigenvalue weighted by Gasteiger charge is -2.27. The van der Waals surface area contributed by atoms with Gasteiger partial charge in [0, 0.05) is 25.7 Å². The summed E-state index contributed by atoms with van der Waals surface area (Å²) in [5, 5.41) is 16.6. The molecule has 3 rings (SSSR count). The zero-order valence-corrected chi connectivity index (χ0v) is 21.6. The third-order valence-corrected chi connectivity index (χ3v) is 7.63. The van der Waals surface area contributed by atoms with Crippen molar-refractivity contribution in [3.63, 3.8) is 0 Å². The molecule has 1 aliphatic heterocycles. The van der Waals surface area contributed by atoms with Crippen molar-refractivity contribution in [3.8, 4) is 0 Å². The van der Waals surface area contributed by atoms with Crippen LogP contribution >= 0.6 is 0 Å². The molecular weight excluding hydrogens is 465 g/mol. The van der Waals surface area contributed by atoms with Crippen molar-refractivity contribution >= 4 is 28.7 Å². The number of nitrogens with one attached hydrogen (secondary N) is 2. The van der Waals surface area contributed by atoms with Crippen LogP contribution in [0.15, 0.2) is 69.8 Å². The van der Waals surface area contributed by atoms with E-state index in [9.17, 15) is 8.94 Å². The molecule has 2 aromatic rings. The lowest BCUT2D eigenvalue weighted by molar-refractivity contribution is 0.397. The van der Waals surface area contributed by atoms with Crippen LogP contribution in [0.5, 0.6) is 0 Å². The Balaban J connectivity index is 1.77. The first-order chi connectivity index (χ1) is 16.6. The number of benzene rings is 2. The first-order valence-corrected chi connectivity index (χ1v) is 12.6. The molecule has 7 nitrogen and oxygen atoms in total. The van der Waals surface area contributed by atoms with Crippen LogP contribution in [-0.4, -0.2) is 71.3 Å². The van der Waals surface area contributed by atoms with E-state index in [1.165, 1.54) is 18.2 Å². The largest absolute Gasteiger partial charge is 0.419 e. The van der Waals surface area contributed by atoms with Crippen molar-refractivity contribution < 1.29 is 13.7 Å². The van der Waals surface area contributed by atoms with Crippen molar-refractivity contribution in [2.24, 2.45) is 4.99 Å². The molecule has 2 aromatic carbocycles. The topological polar surface area (TPSA) is 96.0 Å². The summed E-state index contributed by atoms with van der Waals surface area (Å²) in [5.74, 6) is -1.34. The van der Waals surface area contributed by atoms with Gasteiger partial charge >= 0.3 is 0 Å². The molecule has 0 saturated carbocycles. The molecule has 0 aliphatic carbocycles. The Bertz CT molecular complexity index is 1150. The predicted octanol–water partition coefficient (Wildman–Crippen LogP) is 4.60. The number of hydrogen-bond acceptors (Lipinski definition) is 7. The first-order valence-electron chi connectivity index (χ1n) is 11.4. The molecule has 9 heteroatoms. The van der Waals surface area contributed by atoms with Crippen molar-refractivity contribution in [2.75, 3.05) is 34.2 Å². The van der Waals surface area contributed by atoms with Crippen LogP contribution in [0, 0.1) is 16.6 Å². The molecule has 0 fully saturated rings. The van der Waals surface area contributed by atoms with Gasteiger partial charge in [0.1, 0.15) is 11.5 Å². The first kappa shape index (κ1) is 26.6. The second kappa shape index (κ2) is 11.6. The normalized spacial score (nSPS) is 15.7. The Morgan fingerprint density at radius 2 is 1.83 bits per heavy atom. The van der Waals surface area contributed by atoms with Crippen molar-refractivity contribution in [1.82, 2.24) is 9.80 Å². The summed E-state index contributed by atoms with van der Waals surface area (Å²) >= 11 is -0.856. The third-order valence-electron chi connectivity index (χ3n) is 5.88. The highest BCUT2D eigenvalue weighted by atomic mass is 32.2. The molecule has 0 bridgehead atoms. The second-order valence-corrected chi connectivity index (χ2v) is 10.7. The number of rotatable bonds is 8. The summed E-state index contributed by atoms with van der Waals surface area (Å²) in [6.07, 6.45) is 0.906. The molecule has 2 unspecified atom stereocenters. The Kier molecular flexibility index (Phi) is 8.82. The number of aliphatic imine (C=N–C) groups is 1. The van der Waals surface area contributed by atoms with Crippen LogP contribution in [0.25, 0.3) is 0 Å². The average Bonchev–Trinajstić information content (AvgIpc) is 2.83. The van der Waals surface area contributed by atoms with Gasteiger partial charge in [-0.3, -0.25) is 10.8 Å². The fourth-order valence-corrected chi connectivity index (χ4v) is 4.78. The van der Waals surface area contributed by atoms with Crippen LogP contribution in [0.3, 0.4) is 0 Å². The summed E-state index contributed by atoms with van der Waals surface area (Å²) in [7, 11) is 5.94. The van der Waals surface area contributed by atoms with E-state index in [0.29, 0.717) is 6.54 Å². The van der Waals surface area contributed by atoms with E-state index < -0.39 is 22.9 Å². The molecule has 0 aromatic heterocycles. The van der Waals surface area contributed by atoms with Crippen LogP contribution < -0.4 is 0 Å². The number of likely N-dealkylation sites (N-methyl/N-ethyl adjacent to an activating group) is 1. The quantitative estimate of drug-likeness (QED) is 0.282. The lowest BCUT2D eigenvalue weighted by Crippen LogP contribution is -2.32. The zero-order chi connectivity index (χ0) is 25.7. The second-order valence-electron chi connectivity index (χ2n) is 8.83. The zero-order valence-electron chi connectivity index (χ0n) is 20.8. The predicted molar refractivity (Wildman–Crippen MR) is 141 cm³/mol. The molecule has 1 heterocycles. The SMILES string of the molecule is CC1=C(C(=N)OC(=N)c2ccccc2F)N=C(c2ccc([S+](O)C(C)CCN(C)C)cc2)CN1C. The van der Waals surface area contributed by atoms with Crippen LogP contribution in [0.1, 0.15) is 31.4 Å². The number of hydrogen-bond donors (Lipinski definition) is 3. The van der Waals surface area contributed by atoms with Crippen molar-refractivity contribution in [1.29, 1.82) is 10.8 Å². The van der Waals surface area contributed by atoms with Gasteiger partial charge in [-0.25, -0.2) is 9.38 Å². The Labute approximate surface area is 209 Å². The van der Waals surface area contributed by atoms with E-state index in [1.54, 1.807) is 6.07 Å². The van der Waals surface area contributed by atoms with E-state index in [-0.39, 0.29) is 22.4 Å². The van der Waals surface area contributed by atoms with Gasteiger partial charge in [-0.2, -0.15) is 4.55 Å². The van der Waals surface area contributed by atoms with Gasteiger partial charge in [0.2, 0.25) is 11.8 Å². The highest BCUT2D eigenvalue weighted by Crippen LogP contribution is 2.23. The minimum atomic E-state index is -0.856.